The van der Waals surface area contributed by atoms with Gasteiger partial charge < -0.3 is 9.80 Å². The topological polar surface area (TPSA) is 23.6 Å². The average molecular weight is 461 g/mol. The van der Waals surface area contributed by atoms with Gasteiger partial charge in [-0.15, -0.1) is 0 Å². The quantitative estimate of drug-likeness (QED) is 0.345. The molecule has 0 saturated carbocycles. The number of carbonyl (C=O) groups is 1. The van der Waals surface area contributed by atoms with Crippen molar-refractivity contribution >= 4 is 34.8 Å². The third-order valence-corrected chi connectivity index (χ3v) is 6.99. The summed E-state index contributed by atoms with van der Waals surface area (Å²) in [6.45, 7) is 3.97. The molecule has 3 nitrogen and oxygen atoms in total. The number of piperidine rings is 1. The fourth-order valence-corrected chi connectivity index (χ4v) is 5.23. The molecule has 0 spiro atoms. The predicted octanol–water partition coefficient (Wildman–Crippen LogP) is 6.16. The highest BCUT2D eigenvalue weighted by atomic mass is 35.5. The van der Waals surface area contributed by atoms with Gasteiger partial charge in [-0.3, -0.25) is 4.79 Å². The molecule has 1 fully saturated rings. The van der Waals surface area contributed by atoms with Crippen LogP contribution in [0, 0.1) is 12.7 Å². The molecule has 2 aliphatic heterocycles. The lowest BCUT2D eigenvalue weighted by molar-refractivity contribution is -0.113. The van der Waals surface area contributed by atoms with Gasteiger partial charge in [0.15, 0.2) is 0 Å². The van der Waals surface area contributed by atoms with Crippen LogP contribution in [0.4, 0.5) is 10.1 Å². The third-order valence-electron chi connectivity index (χ3n) is 6.74. The summed E-state index contributed by atoms with van der Waals surface area (Å²) in [7, 11) is 2.14. The minimum atomic E-state index is -0.325. The maximum Gasteiger partial charge on any atom is 0.259 e. The molecule has 33 heavy (non-hydrogen) atoms. The second-order valence-electron chi connectivity index (χ2n) is 9.08. The summed E-state index contributed by atoms with van der Waals surface area (Å²) in [5, 5.41) is 0.639. The largest absolute Gasteiger partial charge is 0.306 e. The van der Waals surface area contributed by atoms with Crippen molar-refractivity contribution in [1.82, 2.24) is 4.90 Å². The van der Waals surface area contributed by atoms with Gasteiger partial charge in [-0.2, -0.15) is 0 Å². The van der Waals surface area contributed by atoms with Gasteiger partial charge in [0.1, 0.15) is 5.82 Å². The van der Waals surface area contributed by atoms with Crippen LogP contribution in [0.5, 0.6) is 0 Å². The highest BCUT2D eigenvalue weighted by molar-refractivity contribution is 6.31. The minimum absolute atomic E-state index is 0.0567. The lowest BCUT2D eigenvalue weighted by Gasteiger charge is -2.36. The van der Waals surface area contributed by atoms with Gasteiger partial charge in [-0.05, 0) is 80.0 Å². The molecular formula is C28H26ClFN2O. The van der Waals surface area contributed by atoms with E-state index < -0.39 is 0 Å². The van der Waals surface area contributed by atoms with Crippen molar-refractivity contribution in [3.63, 3.8) is 0 Å². The Bertz CT molecular complexity index is 1220. The first-order chi connectivity index (χ1) is 15.9. The normalized spacial score (nSPS) is 20.5. The Balaban J connectivity index is 1.62. The Labute approximate surface area is 199 Å². The first kappa shape index (κ1) is 21.9. The van der Waals surface area contributed by atoms with Crippen LogP contribution in [0.3, 0.4) is 0 Å². The second-order valence-corrected chi connectivity index (χ2v) is 9.52. The van der Waals surface area contributed by atoms with E-state index >= 15 is 0 Å². The Morgan fingerprint density at radius 3 is 2.52 bits per heavy atom. The summed E-state index contributed by atoms with van der Waals surface area (Å²) in [5.74, 6) is -0.0965. The number of halogens is 2. The molecule has 0 unspecified atom stereocenters. The van der Waals surface area contributed by atoms with Gasteiger partial charge in [0.2, 0.25) is 0 Å². The molecule has 2 heterocycles. The first-order valence-corrected chi connectivity index (χ1v) is 11.6. The molecule has 0 aliphatic carbocycles. The molecule has 5 rings (SSSR count). The van der Waals surface area contributed by atoms with Crippen molar-refractivity contribution in [2.24, 2.45) is 0 Å². The third kappa shape index (κ3) is 4.21. The predicted molar refractivity (Wildman–Crippen MR) is 133 cm³/mol. The Morgan fingerprint density at radius 2 is 1.79 bits per heavy atom. The number of likely N-dealkylation sites (N-methyl/N-ethyl adjacent to an activating group) is 1. The Kier molecular flexibility index (Phi) is 5.81. The lowest BCUT2D eigenvalue weighted by atomic mass is 9.88. The number of benzene rings is 3. The molecule has 0 radical (unpaired) electrons. The zero-order valence-corrected chi connectivity index (χ0v) is 19.5. The number of likely N-dealkylation sites (tertiary alicyclic amines) is 1. The van der Waals surface area contributed by atoms with Crippen LogP contribution >= 0.6 is 11.6 Å². The minimum Gasteiger partial charge on any atom is -0.306 e. The molecule has 0 N–H and O–H groups in total. The summed E-state index contributed by atoms with van der Waals surface area (Å²) in [6.07, 6.45) is 2.79. The molecule has 168 valence electrons. The number of anilines is 1. The van der Waals surface area contributed by atoms with Crippen molar-refractivity contribution < 1.29 is 9.18 Å². The molecule has 2 atom stereocenters. The van der Waals surface area contributed by atoms with Crippen LogP contribution < -0.4 is 4.90 Å². The highest BCUT2D eigenvalue weighted by Crippen LogP contribution is 2.46. The van der Waals surface area contributed by atoms with Gasteiger partial charge in [0.05, 0.1) is 0 Å². The van der Waals surface area contributed by atoms with E-state index in [1.165, 1.54) is 23.3 Å². The number of rotatable bonds is 3. The maximum atomic E-state index is 14.2. The molecule has 1 saturated heterocycles. The zero-order valence-electron chi connectivity index (χ0n) is 18.8. The number of hydrogen-bond acceptors (Lipinski definition) is 2. The lowest BCUT2D eigenvalue weighted by Crippen LogP contribution is -2.47. The van der Waals surface area contributed by atoms with E-state index in [0.29, 0.717) is 16.2 Å². The van der Waals surface area contributed by atoms with Gasteiger partial charge in [0.25, 0.3) is 5.91 Å². The van der Waals surface area contributed by atoms with Gasteiger partial charge in [-0.25, -0.2) is 4.39 Å². The Morgan fingerprint density at radius 1 is 1.06 bits per heavy atom. The van der Waals surface area contributed by atoms with E-state index in [0.717, 1.165) is 30.8 Å². The molecule has 1 amide bonds. The number of amides is 1. The van der Waals surface area contributed by atoms with E-state index in [9.17, 15) is 9.18 Å². The molecule has 2 aliphatic rings. The average Bonchev–Trinajstić information content (AvgIpc) is 3.12. The van der Waals surface area contributed by atoms with Crippen molar-refractivity contribution in [1.29, 1.82) is 0 Å². The van der Waals surface area contributed by atoms with E-state index in [1.807, 2.05) is 23.1 Å². The van der Waals surface area contributed by atoms with E-state index in [4.69, 9.17) is 11.6 Å². The SMILES string of the molecule is Cc1ccc2c(c1)[C@@H]1CN(C)CC[C@@H]1N2C(=O)/C(=C\c1ccc(Cl)cc1)c1ccc(F)cc1. The maximum absolute atomic E-state index is 14.2. The fraction of sp³-hybridized carbons (Fsp3) is 0.250. The van der Waals surface area contributed by atoms with Crippen LogP contribution in [0.25, 0.3) is 11.6 Å². The van der Waals surface area contributed by atoms with Crippen molar-refractivity contribution in [3.8, 4) is 0 Å². The van der Waals surface area contributed by atoms with Gasteiger partial charge in [-0.1, -0.05) is 53.6 Å². The molecule has 0 aromatic heterocycles. The summed E-state index contributed by atoms with van der Waals surface area (Å²) in [4.78, 5) is 18.5. The zero-order chi connectivity index (χ0) is 23.1. The summed E-state index contributed by atoms with van der Waals surface area (Å²) >= 11 is 6.06. The van der Waals surface area contributed by atoms with Crippen LogP contribution in [-0.2, 0) is 4.79 Å². The number of fused-ring (bicyclic) bond motifs is 3. The van der Waals surface area contributed by atoms with Crippen LogP contribution in [0.2, 0.25) is 5.02 Å². The molecule has 0 bridgehead atoms. The number of hydrogen-bond donors (Lipinski definition) is 0. The van der Waals surface area contributed by atoms with E-state index in [-0.39, 0.29) is 23.7 Å². The summed E-state index contributed by atoms with van der Waals surface area (Å²) < 4.78 is 13.7. The Hall–Kier alpha value is -2.95. The van der Waals surface area contributed by atoms with Crippen LogP contribution in [0.15, 0.2) is 66.7 Å². The molecule has 5 heteroatoms. The van der Waals surface area contributed by atoms with Crippen LogP contribution in [0.1, 0.15) is 34.6 Å². The summed E-state index contributed by atoms with van der Waals surface area (Å²) in [6, 6.07) is 20.0. The molecular weight excluding hydrogens is 435 g/mol. The van der Waals surface area contributed by atoms with Gasteiger partial charge in [0, 0.05) is 34.8 Å². The van der Waals surface area contributed by atoms with E-state index in [1.54, 1.807) is 24.3 Å². The smallest absolute Gasteiger partial charge is 0.259 e. The van der Waals surface area contributed by atoms with Crippen molar-refractivity contribution in [2.75, 3.05) is 25.0 Å². The highest BCUT2D eigenvalue weighted by Gasteiger charge is 2.44. The van der Waals surface area contributed by atoms with Crippen molar-refractivity contribution in [3.05, 3.63) is 99.8 Å². The van der Waals surface area contributed by atoms with Gasteiger partial charge >= 0.3 is 0 Å². The number of aryl methyl sites for hydroxylation is 1. The monoisotopic (exact) mass is 460 g/mol. The summed E-state index contributed by atoms with van der Waals surface area (Å²) in [5.41, 5.74) is 5.54. The number of carbonyl (C=O) groups excluding carboxylic acids is 1. The van der Waals surface area contributed by atoms with Crippen molar-refractivity contribution in [2.45, 2.75) is 25.3 Å². The first-order valence-electron chi connectivity index (χ1n) is 11.3. The van der Waals surface area contributed by atoms with Crippen LogP contribution in [-0.4, -0.2) is 37.0 Å². The molecule has 3 aromatic carbocycles. The van der Waals surface area contributed by atoms with E-state index in [2.05, 4.69) is 37.1 Å². The number of nitrogens with zero attached hydrogens (tertiary/aromatic N) is 2. The second kappa shape index (κ2) is 8.77. The molecule has 3 aromatic rings. The standard InChI is InChI=1S/C28H26ClFN2O/c1-18-3-12-26-24(15-18)25-17-31(2)14-13-27(25)32(26)28(33)23(20-6-10-22(30)11-7-20)16-19-4-8-21(29)9-5-19/h3-12,15-16,25,27H,13-14,17H2,1-2H3/b23-16-/t25-,27-/m0/s1. The fourth-order valence-electron chi connectivity index (χ4n) is 5.10.